The predicted octanol–water partition coefficient (Wildman–Crippen LogP) is 5.57. The molecule has 3 aromatic rings. The molecule has 0 amide bonds. The Morgan fingerprint density at radius 3 is 2.00 bits per heavy atom. The lowest BCUT2D eigenvalue weighted by atomic mass is 9.94. The number of aromatic nitrogens is 2. The number of halogens is 2. The van der Waals surface area contributed by atoms with E-state index in [-0.39, 0.29) is 16.9 Å². The van der Waals surface area contributed by atoms with E-state index >= 15 is 0 Å². The van der Waals surface area contributed by atoms with Crippen LogP contribution in [0.25, 0.3) is 22.4 Å². The van der Waals surface area contributed by atoms with Crippen molar-refractivity contribution in [3.05, 3.63) is 74.5 Å². The van der Waals surface area contributed by atoms with Gasteiger partial charge in [0.05, 0.1) is 17.8 Å². The summed E-state index contributed by atoms with van der Waals surface area (Å²) in [6, 6.07) is 14.4. The van der Waals surface area contributed by atoms with E-state index < -0.39 is 0 Å². The van der Waals surface area contributed by atoms with Gasteiger partial charge in [0.15, 0.2) is 5.78 Å². The van der Waals surface area contributed by atoms with E-state index in [4.69, 9.17) is 28.3 Å². The molecule has 0 N–H and O–H groups in total. The van der Waals surface area contributed by atoms with Crippen molar-refractivity contribution in [2.45, 2.75) is 32.7 Å². The van der Waals surface area contributed by atoms with Crippen LogP contribution in [0.2, 0.25) is 10.0 Å². The average molecular weight is 470 g/mol. The first kappa shape index (κ1) is 22.7. The van der Waals surface area contributed by atoms with Crippen LogP contribution < -0.4 is 5.56 Å². The Hall–Kier alpha value is -2.47. The molecule has 0 atom stereocenters. The zero-order chi connectivity index (χ0) is 22.7. The smallest absolute Gasteiger partial charge is 0.278 e. The Bertz CT molecular complexity index is 1170. The first-order valence-corrected chi connectivity index (χ1v) is 11.6. The molecule has 1 saturated heterocycles. The van der Waals surface area contributed by atoms with Crippen molar-refractivity contribution in [1.82, 2.24) is 14.7 Å². The molecule has 1 fully saturated rings. The van der Waals surface area contributed by atoms with Crippen molar-refractivity contribution in [2.75, 3.05) is 19.6 Å². The fraction of sp³-hybridized carbons (Fsp3) is 0.320. The number of piperidine rings is 1. The standard InChI is InChI=1S/C25H25Cl2N3O2/c1-17(31)22-23(18-5-9-20(26)10-6-18)24(19-7-11-21(27)12-8-19)28-30(25(22)32)16-15-29-13-3-2-4-14-29/h5-12H,2-4,13-16H2,1H3. The number of hydrogen-bond donors (Lipinski definition) is 0. The zero-order valence-corrected chi connectivity index (χ0v) is 19.5. The highest BCUT2D eigenvalue weighted by molar-refractivity contribution is 6.31. The molecule has 2 heterocycles. The second kappa shape index (κ2) is 9.99. The number of Topliss-reactive ketones (excluding diaryl/α,β-unsaturated/α-hetero) is 1. The molecule has 1 aliphatic heterocycles. The highest BCUT2D eigenvalue weighted by atomic mass is 35.5. The summed E-state index contributed by atoms with van der Waals surface area (Å²) in [7, 11) is 0. The van der Waals surface area contributed by atoms with Crippen LogP contribution in [-0.4, -0.2) is 40.1 Å². The van der Waals surface area contributed by atoms with Crippen molar-refractivity contribution < 1.29 is 4.79 Å². The van der Waals surface area contributed by atoms with Crippen molar-refractivity contribution in [3.8, 4) is 22.4 Å². The average Bonchev–Trinajstić information content (AvgIpc) is 2.79. The molecule has 5 nitrogen and oxygen atoms in total. The largest absolute Gasteiger partial charge is 0.301 e. The molecule has 1 aliphatic rings. The highest BCUT2D eigenvalue weighted by Gasteiger charge is 2.23. The fourth-order valence-electron chi connectivity index (χ4n) is 4.18. The van der Waals surface area contributed by atoms with E-state index in [2.05, 4.69) is 4.90 Å². The van der Waals surface area contributed by atoms with Gasteiger partial charge < -0.3 is 4.90 Å². The van der Waals surface area contributed by atoms with Gasteiger partial charge in [0.25, 0.3) is 5.56 Å². The van der Waals surface area contributed by atoms with Gasteiger partial charge in [0, 0.05) is 27.7 Å². The van der Waals surface area contributed by atoms with Crippen molar-refractivity contribution in [1.29, 1.82) is 0 Å². The van der Waals surface area contributed by atoms with E-state index in [1.54, 1.807) is 24.3 Å². The van der Waals surface area contributed by atoms with Gasteiger partial charge >= 0.3 is 0 Å². The van der Waals surface area contributed by atoms with Gasteiger partial charge in [-0.2, -0.15) is 5.10 Å². The van der Waals surface area contributed by atoms with Crippen LogP contribution in [0.3, 0.4) is 0 Å². The van der Waals surface area contributed by atoms with Crippen LogP contribution >= 0.6 is 23.2 Å². The Labute approximate surface area is 197 Å². The summed E-state index contributed by atoms with van der Waals surface area (Å²) >= 11 is 12.2. The maximum Gasteiger partial charge on any atom is 0.278 e. The van der Waals surface area contributed by atoms with Crippen LogP contribution in [0.4, 0.5) is 0 Å². The fourth-order valence-corrected chi connectivity index (χ4v) is 4.43. The maximum absolute atomic E-state index is 13.4. The van der Waals surface area contributed by atoms with Crippen LogP contribution in [0.1, 0.15) is 36.5 Å². The molecule has 166 valence electrons. The van der Waals surface area contributed by atoms with E-state index in [1.807, 2.05) is 24.3 Å². The number of carbonyl (C=O) groups excluding carboxylic acids is 1. The lowest BCUT2D eigenvalue weighted by molar-refractivity contribution is 0.101. The first-order valence-electron chi connectivity index (χ1n) is 10.8. The summed E-state index contributed by atoms with van der Waals surface area (Å²) in [5, 5.41) is 5.93. The monoisotopic (exact) mass is 469 g/mol. The summed E-state index contributed by atoms with van der Waals surface area (Å²) in [4.78, 5) is 28.5. The summed E-state index contributed by atoms with van der Waals surface area (Å²) in [6.45, 7) is 4.64. The summed E-state index contributed by atoms with van der Waals surface area (Å²) in [5.41, 5.74) is 2.39. The number of carbonyl (C=O) groups is 1. The van der Waals surface area contributed by atoms with Gasteiger partial charge in [0.1, 0.15) is 0 Å². The number of nitrogens with zero attached hydrogens (tertiary/aromatic N) is 3. The summed E-state index contributed by atoms with van der Waals surface area (Å²) < 4.78 is 1.44. The zero-order valence-electron chi connectivity index (χ0n) is 18.0. The Balaban J connectivity index is 1.87. The number of benzene rings is 2. The Kier molecular flexibility index (Phi) is 7.09. The van der Waals surface area contributed by atoms with Gasteiger partial charge in [0.2, 0.25) is 0 Å². The number of likely N-dealkylation sites (tertiary alicyclic amines) is 1. The second-order valence-electron chi connectivity index (χ2n) is 8.10. The third-order valence-electron chi connectivity index (χ3n) is 5.84. The topological polar surface area (TPSA) is 55.2 Å². The Morgan fingerprint density at radius 2 is 1.44 bits per heavy atom. The molecule has 0 bridgehead atoms. The van der Waals surface area contributed by atoms with Crippen molar-refractivity contribution in [2.24, 2.45) is 0 Å². The minimum absolute atomic E-state index is 0.144. The van der Waals surface area contributed by atoms with Crippen LogP contribution in [0.15, 0.2) is 53.3 Å². The lowest BCUT2D eigenvalue weighted by Crippen LogP contribution is -2.37. The van der Waals surface area contributed by atoms with E-state index in [0.29, 0.717) is 27.8 Å². The van der Waals surface area contributed by atoms with E-state index in [1.165, 1.54) is 30.9 Å². The molecule has 2 aromatic carbocycles. The molecule has 4 rings (SSSR count). The molecule has 0 saturated carbocycles. The molecule has 0 aliphatic carbocycles. The second-order valence-corrected chi connectivity index (χ2v) is 8.97. The molecule has 0 spiro atoms. The van der Waals surface area contributed by atoms with Crippen LogP contribution in [0, 0.1) is 0 Å². The maximum atomic E-state index is 13.4. The van der Waals surface area contributed by atoms with Crippen molar-refractivity contribution in [3.63, 3.8) is 0 Å². The van der Waals surface area contributed by atoms with Crippen LogP contribution in [0.5, 0.6) is 0 Å². The SMILES string of the molecule is CC(=O)c1c(-c2ccc(Cl)cc2)c(-c2ccc(Cl)cc2)nn(CCN2CCCCC2)c1=O. The molecule has 7 heteroatoms. The van der Waals surface area contributed by atoms with Gasteiger partial charge in [-0.15, -0.1) is 0 Å². The molecule has 1 aromatic heterocycles. The van der Waals surface area contributed by atoms with Gasteiger partial charge in [-0.25, -0.2) is 4.68 Å². The number of hydrogen-bond acceptors (Lipinski definition) is 4. The van der Waals surface area contributed by atoms with Gasteiger partial charge in [-0.3, -0.25) is 9.59 Å². The highest BCUT2D eigenvalue weighted by Crippen LogP contribution is 2.33. The molecular formula is C25H25Cl2N3O2. The minimum atomic E-state index is -0.364. The lowest BCUT2D eigenvalue weighted by Gasteiger charge is -2.26. The van der Waals surface area contributed by atoms with Gasteiger partial charge in [-0.1, -0.05) is 53.9 Å². The van der Waals surface area contributed by atoms with Gasteiger partial charge in [-0.05, 0) is 62.7 Å². The minimum Gasteiger partial charge on any atom is -0.301 e. The predicted molar refractivity (Wildman–Crippen MR) is 130 cm³/mol. The normalized spacial score (nSPS) is 14.5. The third-order valence-corrected chi connectivity index (χ3v) is 6.34. The van der Waals surface area contributed by atoms with Crippen molar-refractivity contribution >= 4 is 29.0 Å². The molecule has 0 unspecified atom stereocenters. The summed E-state index contributed by atoms with van der Waals surface area (Å²) in [5.74, 6) is -0.288. The van der Waals surface area contributed by atoms with Crippen LogP contribution in [-0.2, 0) is 6.54 Å². The summed E-state index contributed by atoms with van der Waals surface area (Å²) in [6.07, 6.45) is 3.60. The third kappa shape index (κ3) is 4.96. The molecule has 0 radical (unpaired) electrons. The van der Waals surface area contributed by atoms with E-state index in [0.717, 1.165) is 30.8 Å². The Morgan fingerprint density at radius 1 is 0.875 bits per heavy atom. The number of ketones is 1. The molecular weight excluding hydrogens is 445 g/mol. The number of rotatable bonds is 6. The quantitative estimate of drug-likeness (QED) is 0.442. The first-order chi connectivity index (χ1) is 15.4. The molecule has 32 heavy (non-hydrogen) atoms. The van der Waals surface area contributed by atoms with E-state index in [9.17, 15) is 9.59 Å².